The number of carbonyl (C=O) groups excluding carboxylic acids is 1. The molecule has 0 aliphatic carbocycles. The highest BCUT2D eigenvalue weighted by Gasteiger charge is 2.38. The summed E-state index contributed by atoms with van der Waals surface area (Å²) >= 11 is 0. The van der Waals surface area contributed by atoms with Gasteiger partial charge in [0.2, 0.25) is 5.91 Å². The van der Waals surface area contributed by atoms with Gasteiger partial charge in [0.15, 0.2) is 0 Å². The van der Waals surface area contributed by atoms with Crippen molar-refractivity contribution in [1.82, 2.24) is 10.2 Å². The molecule has 1 fully saturated rings. The first-order chi connectivity index (χ1) is 10.2. The Morgan fingerprint density at radius 3 is 2.38 bits per heavy atom. The van der Waals surface area contributed by atoms with Crippen molar-refractivity contribution in [2.75, 3.05) is 6.54 Å². The summed E-state index contributed by atoms with van der Waals surface area (Å²) in [5.74, 6) is 0.273. The molecule has 1 saturated heterocycles. The Bertz CT molecular complexity index is 455. The van der Waals surface area contributed by atoms with Crippen LogP contribution < -0.4 is 5.32 Å². The summed E-state index contributed by atoms with van der Waals surface area (Å²) < 4.78 is 0. The molecule has 1 N–H and O–H groups in total. The zero-order valence-electron chi connectivity index (χ0n) is 13.6. The highest BCUT2D eigenvalue weighted by Crippen LogP contribution is 2.27. The molecular formula is C18H28N2O. The van der Waals surface area contributed by atoms with Crippen LogP contribution in [0.25, 0.3) is 0 Å². The fourth-order valence-electron chi connectivity index (χ4n) is 2.99. The lowest BCUT2D eigenvalue weighted by molar-refractivity contribution is -0.130. The number of amides is 1. The van der Waals surface area contributed by atoms with Crippen molar-refractivity contribution in [3.63, 3.8) is 0 Å². The van der Waals surface area contributed by atoms with E-state index in [9.17, 15) is 4.79 Å². The summed E-state index contributed by atoms with van der Waals surface area (Å²) in [7, 11) is 0. The number of unbranched alkanes of at least 4 members (excludes halogenated alkanes) is 1. The van der Waals surface area contributed by atoms with E-state index in [1.807, 2.05) is 4.90 Å². The van der Waals surface area contributed by atoms with Gasteiger partial charge in [0.05, 0.1) is 6.04 Å². The van der Waals surface area contributed by atoms with Crippen molar-refractivity contribution in [2.45, 2.75) is 65.1 Å². The lowest BCUT2D eigenvalue weighted by Crippen LogP contribution is -2.31. The first-order valence-electron chi connectivity index (χ1n) is 8.36. The molecule has 0 spiro atoms. The van der Waals surface area contributed by atoms with E-state index < -0.39 is 0 Å². The highest BCUT2D eigenvalue weighted by atomic mass is 16.2. The van der Waals surface area contributed by atoms with Crippen LogP contribution in [-0.4, -0.2) is 23.4 Å². The highest BCUT2D eigenvalue weighted by molar-refractivity contribution is 5.84. The molecule has 0 aromatic heterocycles. The summed E-state index contributed by atoms with van der Waals surface area (Å²) in [5.41, 5.74) is 2.54. The molecule has 116 valence electrons. The molecule has 21 heavy (non-hydrogen) atoms. The van der Waals surface area contributed by atoms with Crippen LogP contribution in [0, 0.1) is 0 Å². The SMILES string of the molecule is CCCCC1NC(c2ccc(CC)cc2)N(CCC)C1=O. The summed E-state index contributed by atoms with van der Waals surface area (Å²) in [6.45, 7) is 7.29. The van der Waals surface area contributed by atoms with Crippen LogP contribution in [0.2, 0.25) is 0 Å². The van der Waals surface area contributed by atoms with Crippen LogP contribution in [0.5, 0.6) is 0 Å². The third-order valence-electron chi connectivity index (χ3n) is 4.27. The van der Waals surface area contributed by atoms with Gasteiger partial charge in [0, 0.05) is 6.54 Å². The number of rotatable bonds is 7. The Morgan fingerprint density at radius 2 is 1.81 bits per heavy atom. The largest absolute Gasteiger partial charge is 0.322 e. The predicted octanol–water partition coefficient (Wildman–Crippen LogP) is 3.65. The molecule has 1 heterocycles. The minimum absolute atomic E-state index is 0.00708. The fraction of sp³-hybridized carbons (Fsp3) is 0.611. The standard InChI is InChI=1S/C18H28N2O/c1-4-7-8-16-18(21)20(13-5-2)17(19-16)15-11-9-14(6-3)10-12-15/h9-12,16-17,19H,4-8,13H2,1-3H3. The number of hydrogen-bond donors (Lipinski definition) is 1. The maximum Gasteiger partial charge on any atom is 0.241 e. The molecule has 1 aliphatic heterocycles. The van der Waals surface area contributed by atoms with Gasteiger partial charge in [-0.25, -0.2) is 0 Å². The molecule has 3 nitrogen and oxygen atoms in total. The van der Waals surface area contributed by atoms with Crippen molar-refractivity contribution in [2.24, 2.45) is 0 Å². The molecule has 3 heteroatoms. The van der Waals surface area contributed by atoms with Crippen molar-refractivity contribution < 1.29 is 4.79 Å². The normalized spacial score (nSPS) is 22.0. The Kier molecular flexibility index (Phi) is 5.80. The molecule has 2 rings (SSSR count). The average Bonchev–Trinajstić information content (AvgIpc) is 2.83. The Hall–Kier alpha value is -1.35. The van der Waals surface area contributed by atoms with E-state index in [0.717, 1.165) is 38.6 Å². The first kappa shape index (κ1) is 16.0. The molecule has 1 amide bonds. The fourth-order valence-corrected chi connectivity index (χ4v) is 2.99. The van der Waals surface area contributed by atoms with Gasteiger partial charge < -0.3 is 4.90 Å². The maximum absolute atomic E-state index is 12.6. The van der Waals surface area contributed by atoms with Crippen molar-refractivity contribution in [3.8, 4) is 0 Å². The smallest absolute Gasteiger partial charge is 0.241 e. The van der Waals surface area contributed by atoms with E-state index in [0.29, 0.717) is 0 Å². The Balaban J connectivity index is 2.16. The van der Waals surface area contributed by atoms with E-state index in [-0.39, 0.29) is 18.1 Å². The molecule has 0 bridgehead atoms. The van der Waals surface area contributed by atoms with Gasteiger partial charge in [-0.15, -0.1) is 0 Å². The van der Waals surface area contributed by atoms with Crippen molar-refractivity contribution in [3.05, 3.63) is 35.4 Å². The monoisotopic (exact) mass is 288 g/mol. The van der Waals surface area contributed by atoms with Gasteiger partial charge in [-0.3, -0.25) is 10.1 Å². The molecule has 1 aliphatic rings. The summed E-state index contributed by atoms with van der Waals surface area (Å²) in [4.78, 5) is 14.6. The van der Waals surface area contributed by atoms with Crippen LogP contribution in [0.15, 0.2) is 24.3 Å². The lowest BCUT2D eigenvalue weighted by Gasteiger charge is -2.24. The molecule has 2 unspecified atom stereocenters. The number of benzene rings is 1. The molecule has 2 atom stereocenters. The summed E-state index contributed by atoms with van der Waals surface area (Å²) in [5, 5.41) is 3.54. The first-order valence-corrected chi connectivity index (χ1v) is 8.36. The topological polar surface area (TPSA) is 32.3 Å². The van der Waals surface area contributed by atoms with Gasteiger partial charge in [-0.2, -0.15) is 0 Å². The Labute approximate surface area is 128 Å². The maximum atomic E-state index is 12.6. The number of aryl methyl sites for hydroxylation is 1. The molecule has 0 saturated carbocycles. The van der Waals surface area contributed by atoms with Gasteiger partial charge in [-0.05, 0) is 30.4 Å². The molecular weight excluding hydrogens is 260 g/mol. The number of nitrogens with zero attached hydrogens (tertiary/aromatic N) is 1. The van der Waals surface area contributed by atoms with Gasteiger partial charge in [0.25, 0.3) is 0 Å². The van der Waals surface area contributed by atoms with E-state index in [1.165, 1.54) is 11.1 Å². The van der Waals surface area contributed by atoms with Crippen LogP contribution >= 0.6 is 0 Å². The van der Waals surface area contributed by atoms with Crippen molar-refractivity contribution in [1.29, 1.82) is 0 Å². The number of nitrogens with one attached hydrogen (secondary N) is 1. The van der Waals surface area contributed by atoms with E-state index in [1.54, 1.807) is 0 Å². The molecule has 1 aromatic carbocycles. The molecule has 1 aromatic rings. The van der Waals surface area contributed by atoms with E-state index in [4.69, 9.17) is 0 Å². The summed E-state index contributed by atoms with van der Waals surface area (Å²) in [6.07, 6.45) is 5.27. The minimum atomic E-state index is -0.00708. The zero-order chi connectivity index (χ0) is 15.2. The third kappa shape index (κ3) is 3.65. The van der Waals surface area contributed by atoms with Crippen LogP contribution in [0.3, 0.4) is 0 Å². The van der Waals surface area contributed by atoms with Crippen LogP contribution in [-0.2, 0) is 11.2 Å². The minimum Gasteiger partial charge on any atom is -0.322 e. The van der Waals surface area contributed by atoms with Crippen molar-refractivity contribution >= 4 is 5.91 Å². The Morgan fingerprint density at radius 1 is 1.10 bits per heavy atom. The lowest BCUT2D eigenvalue weighted by atomic mass is 10.1. The zero-order valence-corrected chi connectivity index (χ0v) is 13.6. The van der Waals surface area contributed by atoms with Crippen LogP contribution in [0.1, 0.15) is 63.7 Å². The number of hydrogen-bond acceptors (Lipinski definition) is 2. The average molecular weight is 288 g/mol. The van der Waals surface area contributed by atoms with Gasteiger partial charge >= 0.3 is 0 Å². The number of carbonyl (C=O) groups is 1. The van der Waals surface area contributed by atoms with Gasteiger partial charge in [-0.1, -0.05) is 57.9 Å². The second-order valence-electron chi connectivity index (χ2n) is 5.89. The molecule has 0 radical (unpaired) electrons. The van der Waals surface area contributed by atoms with Crippen LogP contribution in [0.4, 0.5) is 0 Å². The predicted molar refractivity (Wildman–Crippen MR) is 87.0 cm³/mol. The van der Waals surface area contributed by atoms with E-state index >= 15 is 0 Å². The second kappa shape index (κ2) is 7.60. The summed E-state index contributed by atoms with van der Waals surface area (Å²) in [6, 6.07) is 8.66. The van der Waals surface area contributed by atoms with Gasteiger partial charge in [0.1, 0.15) is 6.17 Å². The quantitative estimate of drug-likeness (QED) is 0.830. The van der Waals surface area contributed by atoms with E-state index in [2.05, 4.69) is 50.4 Å². The second-order valence-corrected chi connectivity index (χ2v) is 5.89. The third-order valence-corrected chi connectivity index (χ3v) is 4.27.